The quantitative estimate of drug-likeness (QED) is 0.320. The van der Waals surface area contributed by atoms with Crippen LogP contribution in [0.15, 0.2) is 67.0 Å². The Bertz CT molecular complexity index is 1340. The van der Waals surface area contributed by atoms with Gasteiger partial charge in [0.05, 0.1) is 10.6 Å². The van der Waals surface area contributed by atoms with E-state index in [1.54, 1.807) is 18.2 Å². The molecule has 0 unspecified atom stereocenters. The zero-order valence-electron chi connectivity index (χ0n) is 17.9. The molecule has 1 aromatic heterocycles. The highest BCUT2D eigenvalue weighted by molar-refractivity contribution is 5.97. The number of hydrogen-bond donors (Lipinski definition) is 1. The fourth-order valence-corrected chi connectivity index (χ4v) is 3.96. The van der Waals surface area contributed by atoms with Crippen molar-refractivity contribution in [3.05, 3.63) is 77.1 Å². The maximum Gasteiger partial charge on any atom is 0.354 e. The van der Waals surface area contributed by atoms with Gasteiger partial charge in [-0.2, -0.15) is 0 Å². The van der Waals surface area contributed by atoms with Gasteiger partial charge in [0, 0.05) is 23.7 Å². The van der Waals surface area contributed by atoms with Gasteiger partial charge in [-0.15, -0.1) is 0 Å². The van der Waals surface area contributed by atoms with Gasteiger partial charge >= 0.3 is 5.69 Å². The maximum absolute atomic E-state index is 12.2. The smallest absolute Gasteiger partial charge is 0.354 e. The molecular formula is C24H21N5O4. The number of aromatic nitrogens is 2. The van der Waals surface area contributed by atoms with Crippen LogP contribution in [0.2, 0.25) is 0 Å². The molecule has 9 heteroatoms. The molecule has 3 aromatic carbocycles. The summed E-state index contributed by atoms with van der Waals surface area (Å²) in [5.41, 5.74) is 1.23. The number of nitrogens with zero attached hydrogens (tertiary/aromatic N) is 4. The first-order valence-electron chi connectivity index (χ1n) is 10.6. The van der Waals surface area contributed by atoms with E-state index in [0.29, 0.717) is 36.9 Å². The van der Waals surface area contributed by atoms with E-state index >= 15 is 0 Å². The van der Waals surface area contributed by atoms with E-state index in [4.69, 9.17) is 9.47 Å². The Kier molecular flexibility index (Phi) is 5.35. The SMILES string of the molecule is CCN(c1ncnc(Nc2ccc3c(c2)OCCO3)c1[N+](=O)[O-])c1cccc2ccccc12. The molecule has 0 bridgehead atoms. The first-order valence-corrected chi connectivity index (χ1v) is 10.6. The number of anilines is 4. The Morgan fingerprint density at radius 1 is 1.03 bits per heavy atom. The van der Waals surface area contributed by atoms with E-state index in [0.717, 1.165) is 16.5 Å². The molecule has 0 radical (unpaired) electrons. The molecular weight excluding hydrogens is 422 g/mol. The molecule has 0 fully saturated rings. The molecule has 5 rings (SSSR count). The van der Waals surface area contributed by atoms with Crippen molar-refractivity contribution in [3.8, 4) is 11.5 Å². The molecule has 4 aromatic rings. The third-order valence-electron chi connectivity index (χ3n) is 5.42. The van der Waals surface area contributed by atoms with Gasteiger partial charge in [-0.25, -0.2) is 9.97 Å². The Morgan fingerprint density at radius 3 is 2.64 bits per heavy atom. The van der Waals surface area contributed by atoms with E-state index in [1.807, 2.05) is 54.3 Å². The van der Waals surface area contributed by atoms with Crippen molar-refractivity contribution in [1.82, 2.24) is 9.97 Å². The van der Waals surface area contributed by atoms with E-state index in [9.17, 15) is 10.1 Å². The summed E-state index contributed by atoms with van der Waals surface area (Å²) in [5.74, 6) is 1.53. The van der Waals surface area contributed by atoms with Gasteiger partial charge in [0.1, 0.15) is 19.5 Å². The number of fused-ring (bicyclic) bond motifs is 2. The predicted octanol–water partition coefficient (Wildman–Crippen LogP) is 5.21. The van der Waals surface area contributed by atoms with Crippen LogP contribution in [0.5, 0.6) is 11.5 Å². The first-order chi connectivity index (χ1) is 16.2. The second-order valence-electron chi connectivity index (χ2n) is 7.38. The van der Waals surface area contributed by atoms with E-state index in [1.165, 1.54) is 6.33 Å². The highest BCUT2D eigenvalue weighted by Crippen LogP contribution is 2.40. The van der Waals surface area contributed by atoms with Crippen molar-refractivity contribution in [2.24, 2.45) is 0 Å². The van der Waals surface area contributed by atoms with Crippen LogP contribution >= 0.6 is 0 Å². The minimum Gasteiger partial charge on any atom is -0.486 e. The third kappa shape index (κ3) is 3.84. The molecule has 0 amide bonds. The molecule has 33 heavy (non-hydrogen) atoms. The molecule has 0 saturated heterocycles. The van der Waals surface area contributed by atoms with Gasteiger partial charge in [-0.1, -0.05) is 36.4 Å². The minimum atomic E-state index is -0.455. The number of rotatable bonds is 6. The van der Waals surface area contributed by atoms with Crippen molar-refractivity contribution >= 4 is 39.5 Å². The van der Waals surface area contributed by atoms with Crippen molar-refractivity contribution in [3.63, 3.8) is 0 Å². The van der Waals surface area contributed by atoms with E-state index < -0.39 is 4.92 Å². The van der Waals surface area contributed by atoms with Crippen LogP contribution in [0.3, 0.4) is 0 Å². The molecule has 9 nitrogen and oxygen atoms in total. The lowest BCUT2D eigenvalue weighted by Gasteiger charge is -2.24. The van der Waals surface area contributed by atoms with Crippen LogP contribution in [0.25, 0.3) is 10.8 Å². The summed E-state index contributed by atoms with van der Waals surface area (Å²) in [5, 5.41) is 17.3. The minimum absolute atomic E-state index is 0.0976. The molecule has 0 spiro atoms. The molecule has 0 atom stereocenters. The molecule has 0 saturated carbocycles. The molecule has 1 aliphatic rings. The molecule has 2 heterocycles. The predicted molar refractivity (Wildman–Crippen MR) is 126 cm³/mol. The number of benzene rings is 3. The number of nitro groups is 1. The average Bonchev–Trinajstić information content (AvgIpc) is 2.84. The van der Waals surface area contributed by atoms with Crippen LogP contribution < -0.4 is 19.7 Å². The average molecular weight is 443 g/mol. The van der Waals surface area contributed by atoms with Gasteiger partial charge in [-0.05, 0) is 30.5 Å². The summed E-state index contributed by atoms with van der Waals surface area (Å²) in [6.07, 6.45) is 1.33. The summed E-state index contributed by atoms with van der Waals surface area (Å²) in [7, 11) is 0. The van der Waals surface area contributed by atoms with Crippen LogP contribution in [0.1, 0.15) is 6.92 Å². The zero-order valence-corrected chi connectivity index (χ0v) is 17.9. The standard InChI is InChI=1S/C24H21N5O4/c1-2-28(19-9-5-7-16-6-3-4-8-18(16)19)24-22(29(30)31)23(25-15-26-24)27-17-10-11-20-21(14-17)33-13-12-32-20/h3-11,14-15H,2,12-13H2,1H3,(H,25,26,27). The molecule has 0 aliphatic carbocycles. The zero-order chi connectivity index (χ0) is 22.8. The van der Waals surface area contributed by atoms with Gasteiger partial charge in [0.2, 0.25) is 11.6 Å². The Morgan fingerprint density at radius 2 is 1.82 bits per heavy atom. The molecule has 1 N–H and O–H groups in total. The second kappa shape index (κ2) is 8.62. The van der Waals surface area contributed by atoms with Gasteiger partial charge in [-0.3, -0.25) is 10.1 Å². The van der Waals surface area contributed by atoms with Gasteiger partial charge in [0.25, 0.3) is 0 Å². The normalized spacial score (nSPS) is 12.4. The number of hydrogen-bond acceptors (Lipinski definition) is 8. The fourth-order valence-electron chi connectivity index (χ4n) is 3.96. The molecule has 166 valence electrons. The lowest BCUT2D eigenvalue weighted by Crippen LogP contribution is -2.20. The third-order valence-corrected chi connectivity index (χ3v) is 5.42. The summed E-state index contributed by atoms with van der Waals surface area (Å²) in [6, 6.07) is 19.1. The summed E-state index contributed by atoms with van der Waals surface area (Å²) >= 11 is 0. The number of nitrogens with one attached hydrogen (secondary N) is 1. The maximum atomic E-state index is 12.2. The molecule has 1 aliphatic heterocycles. The fraction of sp³-hybridized carbons (Fsp3) is 0.167. The topological polar surface area (TPSA) is 103 Å². The van der Waals surface area contributed by atoms with Crippen LogP contribution in [-0.4, -0.2) is 34.6 Å². The largest absolute Gasteiger partial charge is 0.486 e. The van der Waals surface area contributed by atoms with Crippen LogP contribution in [-0.2, 0) is 0 Å². The van der Waals surface area contributed by atoms with Crippen molar-refractivity contribution in [1.29, 1.82) is 0 Å². The van der Waals surface area contributed by atoms with Crippen molar-refractivity contribution < 1.29 is 14.4 Å². The van der Waals surface area contributed by atoms with Gasteiger partial charge in [0.15, 0.2) is 11.5 Å². The first kappa shape index (κ1) is 20.5. The second-order valence-corrected chi connectivity index (χ2v) is 7.38. The Hall–Kier alpha value is -4.40. The van der Waals surface area contributed by atoms with E-state index in [2.05, 4.69) is 15.3 Å². The van der Waals surface area contributed by atoms with E-state index in [-0.39, 0.29) is 17.3 Å². The van der Waals surface area contributed by atoms with Crippen molar-refractivity contribution in [2.75, 3.05) is 30.0 Å². The highest BCUT2D eigenvalue weighted by Gasteiger charge is 2.28. The lowest BCUT2D eigenvalue weighted by atomic mass is 10.1. The van der Waals surface area contributed by atoms with Crippen LogP contribution in [0.4, 0.5) is 28.7 Å². The Balaban J connectivity index is 1.58. The van der Waals surface area contributed by atoms with Crippen molar-refractivity contribution in [2.45, 2.75) is 6.92 Å². The summed E-state index contributed by atoms with van der Waals surface area (Å²) < 4.78 is 11.2. The monoisotopic (exact) mass is 443 g/mol. The summed E-state index contributed by atoms with van der Waals surface area (Å²) in [4.78, 5) is 22.1. The van der Waals surface area contributed by atoms with Gasteiger partial charge < -0.3 is 19.7 Å². The number of ether oxygens (including phenoxy) is 2. The van der Waals surface area contributed by atoms with Crippen LogP contribution in [0, 0.1) is 10.1 Å². The Labute approximate surface area is 189 Å². The highest BCUT2D eigenvalue weighted by atomic mass is 16.6. The lowest BCUT2D eigenvalue weighted by molar-refractivity contribution is -0.383. The summed E-state index contributed by atoms with van der Waals surface area (Å²) in [6.45, 7) is 3.35.